The lowest BCUT2D eigenvalue weighted by Crippen LogP contribution is -2.44. The number of anilines is 2. The average molecular weight is 512 g/mol. The second kappa shape index (κ2) is 10.0. The first kappa shape index (κ1) is 24.3. The van der Waals surface area contributed by atoms with Crippen LogP contribution in [0.25, 0.3) is 44.5 Å². The first-order valence-electron chi connectivity index (χ1n) is 13.1. The third kappa shape index (κ3) is 4.80. The van der Waals surface area contributed by atoms with Gasteiger partial charge < -0.3 is 25.2 Å². The molecule has 5 aromatic rings. The van der Waals surface area contributed by atoms with Crippen LogP contribution in [0.2, 0.25) is 0 Å². The highest BCUT2D eigenvalue weighted by Gasteiger charge is 2.20. The van der Waals surface area contributed by atoms with Gasteiger partial charge in [0.2, 0.25) is 0 Å². The lowest BCUT2D eigenvalue weighted by molar-refractivity contribution is 0.176. The van der Waals surface area contributed by atoms with Gasteiger partial charge in [-0.2, -0.15) is 5.10 Å². The number of hydrogen-bond acceptors (Lipinski definition) is 8. The Morgan fingerprint density at radius 1 is 1.00 bits per heavy atom. The van der Waals surface area contributed by atoms with Gasteiger partial charge >= 0.3 is 0 Å². The molecule has 5 aromatic heterocycles. The van der Waals surface area contributed by atoms with Crippen molar-refractivity contribution in [1.82, 2.24) is 35.0 Å². The second-order valence-corrected chi connectivity index (χ2v) is 10.5. The Labute approximate surface area is 221 Å². The number of aliphatic hydroxyl groups is 1. The molecular formula is C28H33N9O. The minimum absolute atomic E-state index is 0.385. The van der Waals surface area contributed by atoms with Gasteiger partial charge in [-0.05, 0) is 43.7 Å². The molecule has 1 unspecified atom stereocenters. The van der Waals surface area contributed by atoms with E-state index in [0.717, 1.165) is 82.1 Å². The van der Waals surface area contributed by atoms with Crippen molar-refractivity contribution in [3.05, 3.63) is 49.1 Å². The Balaban J connectivity index is 1.33. The Hall–Kier alpha value is -4.02. The molecule has 0 aromatic carbocycles. The predicted molar refractivity (Wildman–Crippen MR) is 151 cm³/mol. The molecule has 1 fully saturated rings. The lowest BCUT2D eigenvalue weighted by Gasteiger charge is -2.33. The van der Waals surface area contributed by atoms with Crippen LogP contribution >= 0.6 is 0 Å². The molecule has 10 heteroatoms. The smallest absolute Gasteiger partial charge is 0.138 e. The van der Waals surface area contributed by atoms with E-state index in [-0.39, 0.29) is 0 Å². The zero-order chi connectivity index (χ0) is 26.2. The topological polar surface area (TPSA) is 122 Å². The fourth-order valence-electron chi connectivity index (χ4n) is 5.07. The summed E-state index contributed by atoms with van der Waals surface area (Å²) in [4.78, 5) is 22.0. The van der Waals surface area contributed by atoms with Gasteiger partial charge in [-0.1, -0.05) is 13.8 Å². The number of nitrogens with zero attached hydrogens (tertiary/aromatic N) is 6. The molecule has 6 heterocycles. The number of piperazine rings is 1. The van der Waals surface area contributed by atoms with Crippen LogP contribution in [0.3, 0.4) is 0 Å². The van der Waals surface area contributed by atoms with E-state index in [4.69, 9.17) is 4.98 Å². The maximum atomic E-state index is 10.3. The highest BCUT2D eigenvalue weighted by molar-refractivity contribution is 5.99. The van der Waals surface area contributed by atoms with E-state index in [0.29, 0.717) is 12.3 Å². The molecular weight excluding hydrogens is 478 g/mol. The average Bonchev–Trinajstić information content (AvgIpc) is 3.52. The number of H-pyrrole nitrogens is 2. The van der Waals surface area contributed by atoms with E-state index >= 15 is 0 Å². The number of rotatable bonds is 7. The number of aromatic nitrogens is 6. The highest BCUT2D eigenvalue weighted by atomic mass is 16.3. The zero-order valence-electron chi connectivity index (χ0n) is 21.9. The third-order valence-corrected chi connectivity index (χ3v) is 7.09. The molecule has 0 amide bonds. The standard InChI is InChI=1S/C28H33N9O/c1-17(2)10-26(38)32-19-11-18(14-29-15-19)23-12-20-25(16-31-23)34-35-27(20)24-13-21-22(33-24)4-5-30-28(21)37-8-6-36(3)7-9-37/h4-5,11-17,26,32-33,38H,6-10H2,1-3H3,(H,34,35). The number of pyridine rings is 3. The number of fused-ring (bicyclic) bond motifs is 2. The predicted octanol–water partition coefficient (Wildman–Crippen LogP) is 4.09. The fourth-order valence-corrected chi connectivity index (χ4v) is 5.07. The van der Waals surface area contributed by atoms with E-state index in [2.05, 4.69) is 67.2 Å². The molecule has 0 bridgehead atoms. The molecule has 1 aliphatic rings. The summed E-state index contributed by atoms with van der Waals surface area (Å²) in [5, 5.41) is 23.3. The van der Waals surface area contributed by atoms with Crippen molar-refractivity contribution < 1.29 is 5.11 Å². The minimum Gasteiger partial charge on any atom is -0.374 e. The summed E-state index contributed by atoms with van der Waals surface area (Å²) in [6, 6.07) is 8.15. The van der Waals surface area contributed by atoms with Crippen molar-refractivity contribution in [2.75, 3.05) is 43.4 Å². The Bertz CT molecular complexity index is 1570. The molecule has 10 nitrogen and oxygen atoms in total. The number of hydrogen-bond donors (Lipinski definition) is 4. The summed E-state index contributed by atoms with van der Waals surface area (Å²) in [6.07, 6.45) is 7.19. The largest absolute Gasteiger partial charge is 0.374 e. The van der Waals surface area contributed by atoms with Gasteiger partial charge in [-0.25, -0.2) is 4.98 Å². The molecule has 38 heavy (non-hydrogen) atoms. The quantitative estimate of drug-likeness (QED) is 0.241. The number of aliphatic hydroxyl groups excluding tert-OH is 1. The van der Waals surface area contributed by atoms with Gasteiger partial charge in [-0.3, -0.25) is 15.1 Å². The van der Waals surface area contributed by atoms with Crippen LogP contribution in [0.5, 0.6) is 0 Å². The van der Waals surface area contributed by atoms with E-state index in [1.165, 1.54) is 0 Å². The van der Waals surface area contributed by atoms with Crippen LogP contribution in [-0.2, 0) is 0 Å². The molecule has 0 radical (unpaired) electrons. The van der Waals surface area contributed by atoms with Gasteiger partial charge in [-0.15, -0.1) is 0 Å². The van der Waals surface area contributed by atoms with Crippen LogP contribution in [0, 0.1) is 5.92 Å². The van der Waals surface area contributed by atoms with Crippen LogP contribution < -0.4 is 10.2 Å². The van der Waals surface area contributed by atoms with Gasteiger partial charge in [0.1, 0.15) is 17.7 Å². The monoisotopic (exact) mass is 511 g/mol. The van der Waals surface area contributed by atoms with E-state index in [1.54, 1.807) is 18.6 Å². The number of likely N-dealkylation sites (N-methyl/N-ethyl adjacent to an activating group) is 1. The highest BCUT2D eigenvalue weighted by Crippen LogP contribution is 2.34. The second-order valence-electron chi connectivity index (χ2n) is 10.5. The van der Waals surface area contributed by atoms with Crippen molar-refractivity contribution >= 4 is 33.3 Å². The van der Waals surface area contributed by atoms with Gasteiger partial charge in [0.25, 0.3) is 0 Å². The summed E-state index contributed by atoms with van der Waals surface area (Å²) < 4.78 is 0. The lowest BCUT2D eigenvalue weighted by atomic mass is 10.1. The third-order valence-electron chi connectivity index (χ3n) is 7.09. The molecule has 196 valence electrons. The van der Waals surface area contributed by atoms with Crippen LogP contribution in [0.15, 0.2) is 49.1 Å². The number of nitrogens with one attached hydrogen (secondary N) is 3. The van der Waals surface area contributed by atoms with Gasteiger partial charge in [0, 0.05) is 54.9 Å². The summed E-state index contributed by atoms with van der Waals surface area (Å²) >= 11 is 0. The van der Waals surface area contributed by atoms with Crippen molar-refractivity contribution in [2.45, 2.75) is 26.5 Å². The van der Waals surface area contributed by atoms with Gasteiger partial charge in [0.05, 0.1) is 40.5 Å². The summed E-state index contributed by atoms with van der Waals surface area (Å²) in [5.41, 5.74) is 6.05. The Kier molecular flexibility index (Phi) is 6.42. The van der Waals surface area contributed by atoms with E-state index in [1.807, 2.05) is 24.4 Å². The summed E-state index contributed by atoms with van der Waals surface area (Å²) in [6.45, 7) is 8.13. The summed E-state index contributed by atoms with van der Waals surface area (Å²) in [7, 11) is 2.16. The minimum atomic E-state index is -0.629. The van der Waals surface area contributed by atoms with Crippen LogP contribution in [-0.4, -0.2) is 79.6 Å². The normalized spacial score (nSPS) is 15.6. The number of aromatic amines is 2. The maximum Gasteiger partial charge on any atom is 0.138 e. The molecule has 0 aliphatic carbocycles. The van der Waals surface area contributed by atoms with E-state index < -0.39 is 6.23 Å². The zero-order valence-corrected chi connectivity index (χ0v) is 21.9. The molecule has 0 spiro atoms. The van der Waals surface area contributed by atoms with Crippen molar-refractivity contribution in [1.29, 1.82) is 0 Å². The maximum absolute atomic E-state index is 10.3. The fraction of sp³-hybridized carbons (Fsp3) is 0.357. The molecule has 6 rings (SSSR count). The molecule has 1 saturated heterocycles. The van der Waals surface area contributed by atoms with Crippen LogP contribution in [0.4, 0.5) is 11.5 Å². The van der Waals surface area contributed by atoms with Gasteiger partial charge in [0.15, 0.2) is 0 Å². The van der Waals surface area contributed by atoms with Crippen molar-refractivity contribution in [2.24, 2.45) is 5.92 Å². The Morgan fingerprint density at radius 2 is 1.84 bits per heavy atom. The Morgan fingerprint density at radius 3 is 2.66 bits per heavy atom. The summed E-state index contributed by atoms with van der Waals surface area (Å²) in [5.74, 6) is 1.39. The van der Waals surface area contributed by atoms with Crippen molar-refractivity contribution in [3.8, 4) is 22.6 Å². The SMILES string of the molecule is CC(C)CC(O)Nc1cncc(-c2cc3c(-c4cc5c(N6CCN(C)CC6)nccc5[nH]4)n[nH]c3cn2)c1. The first-order chi connectivity index (χ1) is 18.4. The first-order valence-corrected chi connectivity index (χ1v) is 13.1. The molecule has 1 aliphatic heterocycles. The van der Waals surface area contributed by atoms with Crippen molar-refractivity contribution in [3.63, 3.8) is 0 Å². The molecule has 4 N–H and O–H groups in total. The molecule has 0 saturated carbocycles. The van der Waals surface area contributed by atoms with Crippen LogP contribution in [0.1, 0.15) is 20.3 Å². The van der Waals surface area contributed by atoms with E-state index in [9.17, 15) is 5.11 Å². The molecule has 1 atom stereocenters.